The predicted molar refractivity (Wildman–Crippen MR) is 87.0 cm³/mol. The Morgan fingerprint density at radius 1 is 1.17 bits per heavy atom. The van der Waals surface area contributed by atoms with Crippen molar-refractivity contribution in [3.63, 3.8) is 0 Å². The average Bonchev–Trinajstić information content (AvgIpc) is 3.12. The summed E-state index contributed by atoms with van der Waals surface area (Å²) in [5.74, 6) is 0.922. The van der Waals surface area contributed by atoms with E-state index in [4.69, 9.17) is 13.9 Å². The molecule has 0 saturated carbocycles. The highest BCUT2D eigenvalue weighted by Crippen LogP contribution is 2.22. The Balaban J connectivity index is 1.96. The smallest absolute Gasteiger partial charge is 0.252 e. The summed E-state index contributed by atoms with van der Waals surface area (Å²) in [5.41, 5.74) is 0.344. The van der Waals surface area contributed by atoms with Gasteiger partial charge in [0.05, 0.1) is 27.0 Å². The second-order valence-electron chi connectivity index (χ2n) is 5.09. The van der Waals surface area contributed by atoms with Gasteiger partial charge in [0.1, 0.15) is 23.3 Å². The van der Waals surface area contributed by atoms with Crippen LogP contribution in [0.25, 0.3) is 0 Å². The monoisotopic (exact) mass is 332 g/mol. The minimum Gasteiger partial charge on any atom is -0.497 e. The molecule has 0 aliphatic rings. The number of hydrogen-bond acceptors (Lipinski definition) is 5. The fourth-order valence-electron chi connectivity index (χ4n) is 2.02. The van der Waals surface area contributed by atoms with Crippen LogP contribution >= 0.6 is 0 Å². The highest BCUT2D eigenvalue weighted by Gasteiger charge is 2.18. The van der Waals surface area contributed by atoms with Gasteiger partial charge in [0.25, 0.3) is 5.91 Å². The van der Waals surface area contributed by atoms with E-state index in [-0.39, 0.29) is 12.5 Å². The summed E-state index contributed by atoms with van der Waals surface area (Å²) < 4.78 is 15.4. The van der Waals surface area contributed by atoms with Crippen molar-refractivity contribution in [3.8, 4) is 11.5 Å². The molecule has 24 heavy (non-hydrogen) atoms. The summed E-state index contributed by atoms with van der Waals surface area (Å²) in [6.07, 6.45) is 1.53. The summed E-state index contributed by atoms with van der Waals surface area (Å²) in [6, 6.07) is 7.60. The average molecular weight is 332 g/mol. The van der Waals surface area contributed by atoms with Crippen LogP contribution in [0.1, 0.15) is 23.0 Å². The standard InChI is InChI=1S/C17H20N2O5/c1-11(16(20)18-10-13-5-4-6-24-13)19-17(21)12-7-14(22-2)9-15(8-12)23-3/h4-9,11H,10H2,1-3H3,(H,18,20)(H,19,21)/t11-/m1/s1. The molecule has 1 aromatic heterocycles. The van der Waals surface area contributed by atoms with E-state index in [1.54, 1.807) is 37.3 Å². The van der Waals surface area contributed by atoms with E-state index in [1.165, 1.54) is 20.5 Å². The third kappa shape index (κ3) is 4.52. The summed E-state index contributed by atoms with van der Waals surface area (Å²) in [6.45, 7) is 1.87. The first-order valence-electron chi connectivity index (χ1n) is 7.37. The quantitative estimate of drug-likeness (QED) is 0.806. The Labute approximate surface area is 139 Å². The molecule has 0 fully saturated rings. The molecule has 128 valence electrons. The van der Waals surface area contributed by atoms with Crippen LogP contribution in [0.5, 0.6) is 11.5 Å². The van der Waals surface area contributed by atoms with E-state index in [1.807, 2.05) is 0 Å². The van der Waals surface area contributed by atoms with Crippen LogP contribution in [0.2, 0.25) is 0 Å². The molecule has 1 heterocycles. The summed E-state index contributed by atoms with van der Waals surface area (Å²) in [7, 11) is 3.00. The van der Waals surface area contributed by atoms with Gasteiger partial charge in [-0.1, -0.05) is 0 Å². The molecule has 0 radical (unpaired) electrons. The van der Waals surface area contributed by atoms with Crippen molar-refractivity contribution in [1.82, 2.24) is 10.6 Å². The van der Waals surface area contributed by atoms with Crippen molar-refractivity contribution < 1.29 is 23.5 Å². The summed E-state index contributed by atoms with van der Waals surface area (Å²) in [5, 5.41) is 5.33. The van der Waals surface area contributed by atoms with Gasteiger partial charge in [0.2, 0.25) is 5.91 Å². The van der Waals surface area contributed by atoms with Crippen molar-refractivity contribution in [3.05, 3.63) is 47.9 Å². The minimum absolute atomic E-state index is 0.263. The number of rotatable bonds is 7. The van der Waals surface area contributed by atoms with Gasteiger partial charge in [-0.3, -0.25) is 9.59 Å². The molecule has 0 aliphatic carbocycles. The molecule has 2 rings (SSSR count). The van der Waals surface area contributed by atoms with Crippen LogP contribution in [0.4, 0.5) is 0 Å². The first-order chi connectivity index (χ1) is 11.5. The summed E-state index contributed by atoms with van der Waals surface area (Å²) in [4.78, 5) is 24.3. The predicted octanol–water partition coefficient (Wildman–Crippen LogP) is 1.73. The maximum atomic E-state index is 12.3. The third-order valence-corrected chi connectivity index (χ3v) is 3.37. The number of carbonyl (C=O) groups excluding carboxylic acids is 2. The van der Waals surface area contributed by atoms with E-state index in [0.29, 0.717) is 22.8 Å². The highest BCUT2D eigenvalue weighted by molar-refractivity contribution is 5.98. The van der Waals surface area contributed by atoms with E-state index in [0.717, 1.165) is 0 Å². The molecule has 1 aromatic carbocycles. The molecular weight excluding hydrogens is 312 g/mol. The fraction of sp³-hybridized carbons (Fsp3) is 0.294. The zero-order chi connectivity index (χ0) is 17.5. The number of ether oxygens (including phenoxy) is 2. The van der Waals surface area contributed by atoms with Gasteiger partial charge < -0.3 is 24.5 Å². The second kappa shape index (κ2) is 8.05. The Kier molecular flexibility index (Phi) is 5.83. The highest BCUT2D eigenvalue weighted by atomic mass is 16.5. The van der Waals surface area contributed by atoms with E-state index >= 15 is 0 Å². The zero-order valence-electron chi connectivity index (χ0n) is 13.8. The third-order valence-electron chi connectivity index (χ3n) is 3.37. The maximum Gasteiger partial charge on any atom is 0.252 e. The van der Waals surface area contributed by atoms with Gasteiger partial charge in [-0.25, -0.2) is 0 Å². The van der Waals surface area contributed by atoms with Crippen molar-refractivity contribution in [2.75, 3.05) is 14.2 Å². The van der Waals surface area contributed by atoms with Gasteiger partial charge in [0.15, 0.2) is 0 Å². The first-order valence-corrected chi connectivity index (χ1v) is 7.37. The zero-order valence-corrected chi connectivity index (χ0v) is 13.8. The van der Waals surface area contributed by atoms with Crippen LogP contribution in [0.15, 0.2) is 41.0 Å². The lowest BCUT2D eigenvalue weighted by Gasteiger charge is -2.14. The number of methoxy groups -OCH3 is 2. The SMILES string of the molecule is COc1cc(OC)cc(C(=O)N[C@H](C)C(=O)NCc2ccco2)c1. The molecule has 0 bridgehead atoms. The molecule has 0 aliphatic heterocycles. The van der Waals surface area contributed by atoms with Gasteiger partial charge in [-0.15, -0.1) is 0 Å². The number of nitrogens with one attached hydrogen (secondary N) is 2. The first kappa shape index (κ1) is 17.4. The Morgan fingerprint density at radius 3 is 2.38 bits per heavy atom. The molecule has 2 N–H and O–H groups in total. The number of amides is 2. The van der Waals surface area contributed by atoms with Crippen LogP contribution in [0, 0.1) is 0 Å². The van der Waals surface area contributed by atoms with E-state index in [2.05, 4.69) is 10.6 Å². The van der Waals surface area contributed by atoms with Crippen LogP contribution in [-0.2, 0) is 11.3 Å². The normalized spacial score (nSPS) is 11.5. The lowest BCUT2D eigenvalue weighted by atomic mass is 10.1. The Bertz CT molecular complexity index is 675. The van der Waals surface area contributed by atoms with Gasteiger partial charge in [-0.2, -0.15) is 0 Å². The Morgan fingerprint density at radius 2 is 1.83 bits per heavy atom. The topological polar surface area (TPSA) is 89.8 Å². The van der Waals surface area contributed by atoms with Gasteiger partial charge >= 0.3 is 0 Å². The van der Waals surface area contributed by atoms with Crippen LogP contribution in [0.3, 0.4) is 0 Å². The van der Waals surface area contributed by atoms with Crippen molar-refractivity contribution in [1.29, 1.82) is 0 Å². The molecule has 0 spiro atoms. The fourth-order valence-corrected chi connectivity index (χ4v) is 2.02. The lowest BCUT2D eigenvalue weighted by molar-refractivity contribution is -0.122. The molecular formula is C17H20N2O5. The molecule has 1 atom stereocenters. The molecule has 2 aromatic rings. The van der Waals surface area contributed by atoms with Crippen molar-refractivity contribution in [2.45, 2.75) is 19.5 Å². The van der Waals surface area contributed by atoms with Gasteiger partial charge in [-0.05, 0) is 31.2 Å². The maximum absolute atomic E-state index is 12.3. The molecule has 0 saturated heterocycles. The van der Waals surface area contributed by atoms with E-state index < -0.39 is 11.9 Å². The number of furan rings is 1. The Hall–Kier alpha value is -2.96. The molecule has 0 unspecified atom stereocenters. The molecule has 7 nitrogen and oxygen atoms in total. The molecule has 2 amide bonds. The van der Waals surface area contributed by atoms with E-state index in [9.17, 15) is 9.59 Å². The van der Waals surface area contributed by atoms with Crippen LogP contribution in [-0.4, -0.2) is 32.1 Å². The van der Waals surface area contributed by atoms with Crippen molar-refractivity contribution in [2.24, 2.45) is 0 Å². The lowest BCUT2D eigenvalue weighted by Crippen LogP contribution is -2.44. The largest absolute Gasteiger partial charge is 0.497 e. The number of carbonyl (C=O) groups is 2. The van der Waals surface area contributed by atoms with Crippen molar-refractivity contribution >= 4 is 11.8 Å². The van der Waals surface area contributed by atoms with Crippen LogP contribution < -0.4 is 20.1 Å². The minimum atomic E-state index is -0.704. The summed E-state index contributed by atoms with van der Waals surface area (Å²) >= 11 is 0. The number of hydrogen-bond donors (Lipinski definition) is 2. The second-order valence-corrected chi connectivity index (χ2v) is 5.09. The number of benzene rings is 1. The van der Waals surface area contributed by atoms with Gasteiger partial charge in [0, 0.05) is 11.6 Å². The molecule has 7 heteroatoms.